The number of halogens is 2. The van der Waals surface area contributed by atoms with Gasteiger partial charge in [0.25, 0.3) is 5.91 Å². The molecule has 1 atom stereocenters. The summed E-state index contributed by atoms with van der Waals surface area (Å²) in [4.78, 5) is 25.2. The Hall–Kier alpha value is -3.68. The molecular weight excluding hydrogens is 691 g/mol. The van der Waals surface area contributed by atoms with E-state index < -0.39 is 17.9 Å². The van der Waals surface area contributed by atoms with Gasteiger partial charge in [0, 0.05) is 21.8 Å². The predicted octanol–water partition coefficient (Wildman–Crippen LogP) is 5.41. The van der Waals surface area contributed by atoms with Crippen LogP contribution in [-0.2, 0) is 20.9 Å². The molecule has 0 aromatic heterocycles. The molecule has 0 radical (unpaired) electrons. The van der Waals surface area contributed by atoms with Crippen LogP contribution in [-0.4, -0.2) is 36.4 Å². The molecule has 1 aliphatic heterocycles. The van der Waals surface area contributed by atoms with E-state index >= 15 is 0 Å². The third-order valence-corrected chi connectivity index (χ3v) is 7.48. The summed E-state index contributed by atoms with van der Waals surface area (Å²) in [5.74, 6) is 0.195. The molecule has 1 amide bonds. The first-order chi connectivity index (χ1) is 20.3. The van der Waals surface area contributed by atoms with Crippen molar-refractivity contribution in [3.8, 4) is 11.5 Å². The van der Waals surface area contributed by atoms with Gasteiger partial charge in [-0.2, -0.15) is 5.10 Å². The van der Waals surface area contributed by atoms with E-state index in [4.69, 9.17) is 38.0 Å². The highest BCUT2D eigenvalue weighted by atomic mass is 127. The third kappa shape index (κ3) is 8.20. The van der Waals surface area contributed by atoms with E-state index in [1.165, 1.54) is 6.21 Å². The molecule has 3 aromatic rings. The Kier molecular flexibility index (Phi) is 11.2. The van der Waals surface area contributed by atoms with Crippen LogP contribution in [0.3, 0.4) is 0 Å². The number of nitrogens with zero attached hydrogens (tertiary/aromatic N) is 1. The summed E-state index contributed by atoms with van der Waals surface area (Å²) in [7, 11) is 0. The van der Waals surface area contributed by atoms with Gasteiger partial charge in [-0.25, -0.2) is 10.2 Å². The van der Waals surface area contributed by atoms with Gasteiger partial charge in [-0.05, 0) is 84.6 Å². The Morgan fingerprint density at radius 2 is 1.86 bits per heavy atom. The lowest BCUT2D eigenvalue weighted by Gasteiger charge is -2.30. The van der Waals surface area contributed by atoms with E-state index in [1.807, 2.05) is 48.5 Å². The molecule has 42 heavy (non-hydrogen) atoms. The SMILES string of the molecule is CCOC(=O)C1=C(C)NC(=S)N[C@@H]1c1ccccc1OCC(=O)NN=Cc1ccc(OCc2ccccc2Cl)c(I)c1. The molecule has 218 valence electrons. The fraction of sp³-hybridized carbons (Fsp3) is 0.200. The number of carbonyl (C=O) groups is 2. The van der Waals surface area contributed by atoms with Crippen LogP contribution in [0, 0.1) is 3.57 Å². The zero-order chi connectivity index (χ0) is 30.1. The number of hydrazone groups is 1. The van der Waals surface area contributed by atoms with Gasteiger partial charge in [0.15, 0.2) is 11.7 Å². The van der Waals surface area contributed by atoms with Crippen LogP contribution in [0.25, 0.3) is 0 Å². The van der Waals surface area contributed by atoms with Gasteiger partial charge in [0.05, 0.1) is 28.0 Å². The summed E-state index contributed by atoms with van der Waals surface area (Å²) < 4.78 is 17.9. The Labute approximate surface area is 267 Å². The molecule has 0 saturated carbocycles. The summed E-state index contributed by atoms with van der Waals surface area (Å²) in [6, 6.07) is 19.6. The first-order valence-corrected chi connectivity index (χ1v) is 14.8. The van der Waals surface area contributed by atoms with Crippen molar-refractivity contribution in [1.29, 1.82) is 0 Å². The van der Waals surface area contributed by atoms with Crippen molar-refractivity contribution in [2.75, 3.05) is 13.2 Å². The minimum absolute atomic E-state index is 0.228. The quantitative estimate of drug-likeness (QED) is 0.0795. The third-order valence-electron chi connectivity index (χ3n) is 6.05. The molecule has 3 N–H and O–H groups in total. The Bertz CT molecular complexity index is 1550. The van der Waals surface area contributed by atoms with Crippen molar-refractivity contribution >= 4 is 69.6 Å². The van der Waals surface area contributed by atoms with E-state index in [0.29, 0.717) is 45.1 Å². The van der Waals surface area contributed by atoms with Gasteiger partial charge < -0.3 is 24.8 Å². The highest BCUT2D eigenvalue weighted by Gasteiger charge is 2.32. The summed E-state index contributed by atoms with van der Waals surface area (Å²) in [6.45, 7) is 3.77. The first-order valence-electron chi connectivity index (χ1n) is 12.9. The number of ether oxygens (including phenoxy) is 3. The average Bonchev–Trinajstić information content (AvgIpc) is 2.96. The first kappa shape index (κ1) is 31.3. The lowest BCUT2D eigenvalue weighted by molar-refractivity contribution is -0.139. The lowest BCUT2D eigenvalue weighted by atomic mass is 9.95. The van der Waals surface area contributed by atoms with Gasteiger partial charge in [0.1, 0.15) is 18.1 Å². The normalized spacial score (nSPS) is 14.7. The van der Waals surface area contributed by atoms with E-state index in [0.717, 1.165) is 14.7 Å². The van der Waals surface area contributed by atoms with Gasteiger partial charge in [0.2, 0.25) is 0 Å². The molecule has 0 fully saturated rings. The summed E-state index contributed by atoms with van der Waals surface area (Å²) >= 11 is 13.7. The second-order valence-corrected chi connectivity index (χ2v) is 11.0. The molecule has 0 saturated heterocycles. The number of hydrogen-bond acceptors (Lipinski definition) is 7. The highest BCUT2D eigenvalue weighted by Crippen LogP contribution is 2.33. The Morgan fingerprint density at radius 3 is 2.62 bits per heavy atom. The highest BCUT2D eigenvalue weighted by molar-refractivity contribution is 14.1. The minimum Gasteiger partial charge on any atom is -0.488 e. The van der Waals surface area contributed by atoms with Crippen molar-refractivity contribution in [3.05, 3.63) is 103 Å². The van der Waals surface area contributed by atoms with Gasteiger partial charge in [-0.3, -0.25) is 4.79 Å². The van der Waals surface area contributed by atoms with Crippen molar-refractivity contribution < 1.29 is 23.8 Å². The Balaban J connectivity index is 1.35. The molecule has 0 aliphatic carbocycles. The van der Waals surface area contributed by atoms with Crippen molar-refractivity contribution in [3.63, 3.8) is 0 Å². The molecule has 4 rings (SSSR count). The van der Waals surface area contributed by atoms with Crippen LogP contribution in [0.2, 0.25) is 5.02 Å². The molecular formula is C30H28ClIN4O5S. The maximum atomic E-state index is 12.7. The molecule has 3 aromatic carbocycles. The van der Waals surface area contributed by atoms with Gasteiger partial charge >= 0.3 is 5.97 Å². The number of allylic oxidation sites excluding steroid dienone is 1. The second-order valence-electron chi connectivity index (χ2n) is 8.98. The van der Waals surface area contributed by atoms with Crippen molar-refractivity contribution in [2.45, 2.75) is 26.5 Å². The molecule has 0 unspecified atom stereocenters. The average molecular weight is 719 g/mol. The molecule has 0 spiro atoms. The largest absolute Gasteiger partial charge is 0.488 e. The fourth-order valence-electron chi connectivity index (χ4n) is 4.10. The summed E-state index contributed by atoms with van der Waals surface area (Å²) in [5.41, 5.74) is 5.74. The minimum atomic E-state index is -0.616. The van der Waals surface area contributed by atoms with Crippen LogP contribution in [0.5, 0.6) is 11.5 Å². The second kappa shape index (κ2) is 15.0. The number of benzene rings is 3. The van der Waals surface area contributed by atoms with Crippen LogP contribution < -0.4 is 25.5 Å². The van der Waals surface area contributed by atoms with Crippen LogP contribution in [0.15, 0.2) is 83.1 Å². The number of thiocarbonyl (C=S) groups is 1. The number of esters is 1. The number of amides is 1. The van der Waals surface area contributed by atoms with E-state index in [1.54, 1.807) is 32.0 Å². The molecule has 1 heterocycles. The number of carbonyl (C=O) groups excluding carboxylic acids is 2. The number of hydrogen-bond donors (Lipinski definition) is 3. The smallest absolute Gasteiger partial charge is 0.338 e. The van der Waals surface area contributed by atoms with Crippen molar-refractivity contribution in [2.24, 2.45) is 5.10 Å². The zero-order valence-corrected chi connectivity index (χ0v) is 26.5. The van der Waals surface area contributed by atoms with E-state index in [-0.39, 0.29) is 13.2 Å². The van der Waals surface area contributed by atoms with Crippen LogP contribution in [0.4, 0.5) is 0 Å². The monoisotopic (exact) mass is 718 g/mol. The van der Waals surface area contributed by atoms with E-state index in [9.17, 15) is 9.59 Å². The lowest BCUT2D eigenvalue weighted by Crippen LogP contribution is -2.45. The van der Waals surface area contributed by atoms with Gasteiger partial charge in [-0.1, -0.05) is 48.0 Å². The molecule has 1 aliphatic rings. The molecule has 0 bridgehead atoms. The van der Waals surface area contributed by atoms with Gasteiger partial charge in [-0.15, -0.1) is 0 Å². The fourth-order valence-corrected chi connectivity index (χ4v) is 5.25. The number of para-hydroxylation sites is 1. The van der Waals surface area contributed by atoms with E-state index in [2.05, 4.69) is 43.8 Å². The van der Waals surface area contributed by atoms with Crippen LogP contribution >= 0.6 is 46.4 Å². The van der Waals surface area contributed by atoms with Crippen molar-refractivity contribution in [1.82, 2.24) is 16.1 Å². The Morgan fingerprint density at radius 1 is 1.10 bits per heavy atom. The summed E-state index contributed by atoms with van der Waals surface area (Å²) in [6.07, 6.45) is 1.53. The molecule has 9 nitrogen and oxygen atoms in total. The zero-order valence-electron chi connectivity index (χ0n) is 22.8. The maximum Gasteiger partial charge on any atom is 0.338 e. The standard InChI is InChI=1S/C30H28ClIN4O5S/c1-3-39-29(38)27-18(2)34-30(42)35-28(27)21-9-5-7-11-24(21)41-17-26(37)36-33-15-19-12-13-25(23(32)14-19)40-16-20-8-4-6-10-22(20)31/h4-15,28H,3,16-17H2,1-2H3,(H,36,37)(H2,34,35,42)/t28-/m1/s1. The number of nitrogens with one attached hydrogen (secondary N) is 3. The predicted molar refractivity (Wildman–Crippen MR) is 174 cm³/mol. The summed E-state index contributed by atoms with van der Waals surface area (Å²) in [5, 5.41) is 11.1. The topological polar surface area (TPSA) is 110 Å². The molecule has 12 heteroatoms. The number of rotatable bonds is 11. The maximum absolute atomic E-state index is 12.7. The van der Waals surface area contributed by atoms with Crippen LogP contribution in [0.1, 0.15) is 36.6 Å².